The number of carbonyl (C=O) groups excluding carboxylic acids is 1. The Morgan fingerprint density at radius 3 is 2.58 bits per heavy atom. The molecule has 33 heavy (non-hydrogen) atoms. The van der Waals surface area contributed by atoms with E-state index in [1.165, 1.54) is 10.6 Å². The molecule has 0 atom stereocenters. The summed E-state index contributed by atoms with van der Waals surface area (Å²) in [5, 5.41) is 2.22. The highest BCUT2D eigenvalue weighted by Gasteiger charge is 2.21. The first kappa shape index (κ1) is 20.9. The lowest BCUT2D eigenvalue weighted by Gasteiger charge is -2.15. The Morgan fingerprint density at radius 2 is 1.76 bits per heavy atom. The summed E-state index contributed by atoms with van der Waals surface area (Å²) in [6, 6.07) is 24.4. The number of allylic oxidation sites excluding steroid dienone is 1. The Hall–Kier alpha value is -4.02. The van der Waals surface area contributed by atoms with E-state index in [0.29, 0.717) is 16.1 Å². The molecule has 0 saturated heterocycles. The quantitative estimate of drug-likeness (QED) is 0.238. The number of hydrogen-bond donors (Lipinski definition) is 0. The predicted octanol–water partition coefficient (Wildman–Crippen LogP) is 6.30. The zero-order valence-electron chi connectivity index (χ0n) is 17.8. The number of aromatic nitrogens is 2. The number of carbonyl (C=O) groups is 1. The number of aryl methyl sites for hydroxylation is 1. The predicted molar refractivity (Wildman–Crippen MR) is 135 cm³/mol. The fourth-order valence-corrected chi connectivity index (χ4v) is 4.35. The maximum Gasteiger partial charge on any atom is 0.262 e. The first-order valence-corrected chi connectivity index (χ1v) is 10.9. The van der Waals surface area contributed by atoms with Gasteiger partial charge < -0.3 is 4.57 Å². The maximum absolute atomic E-state index is 13.5. The highest BCUT2D eigenvalue weighted by molar-refractivity contribution is 6.31. The van der Waals surface area contributed by atoms with Crippen LogP contribution in [0.4, 0.5) is 0 Å². The van der Waals surface area contributed by atoms with Crippen molar-refractivity contribution in [2.75, 3.05) is 0 Å². The van der Waals surface area contributed by atoms with Crippen molar-refractivity contribution in [2.24, 2.45) is 7.05 Å². The molecule has 0 aliphatic rings. The topological polar surface area (TPSA) is 52.0 Å². The lowest BCUT2D eigenvalue weighted by atomic mass is 9.93. The van der Waals surface area contributed by atoms with Crippen molar-refractivity contribution in [3.05, 3.63) is 118 Å². The minimum absolute atomic E-state index is 0.119. The van der Waals surface area contributed by atoms with Crippen molar-refractivity contribution in [3.8, 4) is 11.1 Å². The fraction of sp³-hybridized carbons (Fsp3) is 0.0357. The summed E-state index contributed by atoms with van der Waals surface area (Å²) in [7, 11) is 1.67. The van der Waals surface area contributed by atoms with Gasteiger partial charge in [-0.1, -0.05) is 66.2 Å². The summed E-state index contributed by atoms with van der Waals surface area (Å²) >= 11 is 6.31. The van der Waals surface area contributed by atoms with Gasteiger partial charge in [-0.15, -0.1) is 0 Å². The number of benzene rings is 3. The molecular weight excluding hydrogens is 432 g/mol. The van der Waals surface area contributed by atoms with Crippen LogP contribution in [0, 0.1) is 0 Å². The van der Waals surface area contributed by atoms with Gasteiger partial charge in [0.15, 0.2) is 5.78 Å². The third kappa shape index (κ3) is 3.75. The smallest absolute Gasteiger partial charge is 0.262 e. The molecule has 2 aromatic heterocycles. The molecule has 0 fully saturated rings. The lowest BCUT2D eigenvalue weighted by molar-refractivity contribution is 0.104. The third-order valence-corrected chi connectivity index (χ3v) is 6.00. The minimum Gasteiger partial charge on any atom is -0.311 e. The molecule has 0 unspecified atom stereocenters. The molecule has 2 heterocycles. The highest BCUT2D eigenvalue weighted by Crippen LogP contribution is 2.32. The first-order chi connectivity index (χ1) is 16.0. The molecule has 160 valence electrons. The Kier molecular flexibility index (Phi) is 5.37. The first-order valence-electron chi connectivity index (χ1n) is 10.5. The van der Waals surface area contributed by atoms with E-state index in [1.807, 2.05) is 60.7 Å². The number of ketones is 1. The van der Waals surface area contributed by atoms with E-state index in [-0.39, 0.29) is 16.9 Å². The van der Waals surface area contributed by atoms with Crippen LogP contribution >= 0.6 is 11.6 Å². The van der Waals surface area contributed by atoms with Crippen LogP contribution in [0.1, 0.15) is 15.9 Å². The Labute approximate surface area is 195 Å². The van der Waals surface area contributed by atoms with E-state index >= 15 is 0 Å². The van der Waals surface area contributed by atoms with Crippen molar-refractivity contribution >= 4 is 45.3 Å². The van der Waals surface area contributed by atoms with Crippen LogP contribution in [0.5, 0.6) is 0 Å². The molecule has 0 aliphatic heterocycles. The van der Waals surface area contributed by atoms with Crippen molar-refractivity contribution in [2.45, 2.75) is 0 Å². The van der Waals surface area contributed by atoms with Crippen molar-refractivity contribution < 1.29 is 4.79 Å². The molecular formula is C28H19ClN2O2. The summed E-state index contributed by atoms with van der Waals surface area (Å²) in [6.45, 7) is 0. The van der Waals surface area contributed by atoms with Gasteiger partial charge in [-0.05, 0) is 47.5 Å². The molecule has 0 spiro atoms. The summed E-state index contributed by atoms with van der Waals surface area (Å²) in [6.07, 6.45) is 4.93. The number of fused-ring (bicyclic) bond motifs is 2. The zero-order valence-corrected chi connectivity index (χ0v) is 18.6. The van der Waals surface area contributed by atoms with Crippen LogP contribution in [0.3, 0.4) is 0 Å². The number of pyridine rings is 2. The molecule has 4 nitrogen and oxygen atoms in total. The van der Waals surface area contributed by atoms with E-state index in [4.69, 9.17) is 11.6 Å². The molecule has 0 bridgehead atoms. The second kappa shape index (κ2) is 8.49. The van der Waals surface area contributed by atoms with Crippen LogP contribution in [0.25, 0.3) is 39.0 Å². The van der Waals surface area contributed by atoms with Crippen LogP contribution < -0.4 is 5.56 Å². The van der Waals surface area contributed by atoms with E-state index in [1.54, 1.807) is 37.5 Å². The second-order valence-electron chi connectivity index (χ2n) is 7.76. The summed E-state index contributed by atoms with van der Waals surface area (Å²) in [5.41, 5.74) is 3.55. The summed E-state index contributed by atoms with van der Waals surface area (Å²) < 4.78 is 1.50. The Bertz CT molecular complexity index is 1610. The molecule has 5 heteroatoms. The van der Waals surface area contributed by atoms with Gasteiger partial charge in [0.2, 0.25) is 0 Å². The van der Waals surface area contributed by atoms with Crippen LogP contribution in [0.15, 0.2) is 95.9 Å². The van der Waals surface area contributed by atoms with Gasteiger partial charge in [0.1, 0.15) is 0 Å². The van der Waals surface area contributed by atoms with E-state index in [9.17, 15) is 9.59 Å². The molecule has 0 saturated carbocycles. The minimum atomic E-state index is -0.364. The largest absolute Gasteiger partial charge is 0.311 e. The standard InChI is InChI=1S/C28H19ClN2O2/c1-31-24-14-13-20(29)17-22(24)26(19-7-3-2-4-8-19)27(28(31)33)25(32)15-12-18-9-5-11-23-21(18)10-6-16-30-23/h2-17H,1H3/b15-12+. The van der Waals surface area contributed by atoms with Crippen molar-refractivity contribution in [1.29, 1.82) is 0 Å². The average molecular weight is 451 g/mol. The van der Waals surface area contributed by atoms with Gasteiger partial charge >= 0.3 is 0 Å². The summed E-state index contributed by atoms with van der Waals surface area (Å²) in [5.74, 6) is -0.364. The van der Waals surface area contributed by atoms with Gasteiger partial charge in [-0.2, -0.15) is 0 Å². The normalized spacial score (nSPS) is 11.5. The SMILES string of the molecule is Cn1c(=O)c(C(=O)/C=C/c2cccc3ncccc23)c(-c2ccccc2)c2cc(Cl)ccc21. The zero-order chi connectivity index (χ0) is 22.9. The van der Waals surface area contributed by atoms with E-state index in [2.05, 4.69) is 4.98 Å². The second-order valence-corrected chi connectivity index (χ2v) is 8.19. The van der Waals surface area contributed by atoms with E-state index < -0.39 is 0 Å². The van der Waals surface area contributed by atoms with Gasteiger partial charge in [0, 0.05) is 34.6 Å². The van der Waals surface area contributed by atoms with Crippen LogP contribution in [0.2, 0.25) is 5.02 Å². The van der Waals surface area contributed by atoms with Crippen molar-refractivity contribution in [1.82, 2.24) is 9.55 Å². The lowest BCUT2D eigenvalue weighted by Crippen LogP contribution is -2.25. The molecule has 0 amide bonds. The van der Waals surface area contributed by atoms with E-state index in [0.717, 1.165) is 27.4 Å². The monoisotopic (exact) mass is 450 g/mol. The van der Waals surface area contributed by atoms with Gasteiger partial charge in [-0.3, -0.25) is 14.6 Å². The maximum atomic E-state index is 13.5. The number of nitrogens with zero attached hydrogens (tertiary/aromatic N) is 2. The number of hydrogen-bond acceptors (Lipinski definition) is 3. The molecule has 0 aliphatic carbocycles. The van der Waals surface area contributed by atoms with Crippen LogP contribution in [-0.4, -0.2) is 15.3 Å². The van der Waals surface area contributed by atoms with Gasteiger partial charge in [0.05, 0.1) is 16.6 Å². The molecule has 0 N–H and O–H groups in total. The Morgan fingerprint density at radius 1 is 0.939 bits per heavy atom. The summed E-state index contributed by atoms with van der Waals surface area (Å²) in [4.78, 5) is 31.3. The highest BCUT2D eigenvalue weighted by atomic mass is 35.5. The van der Waals surface area contributed by atoms with Crippen molar-refractivity contribution in [3.63, 3.8) is 0 Å². The average Bonchev–Trinajstić information content (AvgIpc) is 2.85. The third-order valence-electron chi connectivity index (χ3n) is 5.76. The molecule has 3 aromatic carbocycles. The molecule has 0 radical (unpaired) electrons. The van der Waals surface area contributed by atoms with Gasteiger partial charge in [-0.25, -0.2) is 0 Å². The van der Waals surface area contributed by atoms with Gasteiger partial charge in [0.25, 0.3) is 5.56 Å². The molecule has 5 rings (SSSR count). The molecule has 5 aromatic rings. The Balaban J connectivity index is 1.73. The fourth-order valence-electron chi connectivity index (χ4n) is 4.17. The van der Waals surface area contributed by atoms with Crippen LogP contribution in [-0.2, 0) is 7.05 Å². The number of rotatable bonds is 4. The number of halogens is 1.